The van der Waals surface area contributed by atoms with Crippen LogP contribution < -0.4 is 15.0 Å². The number of nitrogens with zero attached hydrogens (tertiary/aromatic N) is 2. The van der Waals surface area contributed by atoms with E-state index in [1.807, 2.05) is 0 Å². The number of carbonyl (C=O) groups excluding carboxylic acids is 2. The zero-order valence-corrected chi connectivity index (χ0v) is 17.2. The minimum atomic E-state index is -1.58. The summed E-state index contributed by atoms with van der Waals surface area (Å²) in [6.45, 7) is -0.607. The van der Waals surface area contributed by atoms with E-state index in [2.05, 4.69) is 15.0 Å². The largest absolute Gasteiger partial charge is 0.471 e. The van der Waals surface area contributed by atoms with E-state index in [1.54, 1.807) is 0 Å². The molecule has 1 unspecified atom stereocenters. The molecule has 0 bridgehead atoms. The smallest absolute Gasteiger partial charge is 0.414 e. The maximum Gasteiger partial charge on any atom is 0.414 e. The number of carbonyl (C=O) groups is 2. The Balaban J connectivity index is 1.47. The molecule has 1 aromatic heterocycles. The number of cyclic esters (lactones) is 1. The molecular weight excluding hydrogens is 444 g/mol. The number of aliphatic hydroxyl groups excluding tert-OH is 2. The van der Waals surface area contributed by atoms with Gasteiger partial charge in [0, 0.05) is 18.2 Å². The first-order valence-electron chi connectivity index (χ1n) is 10.1. The van der Waals surface area contributed by atoms with E-state index in [9.17, 15) is 23.5 Å². The van der Waals surface area contributed by atoms with Crippen LogP contribution in [0.25, 0.3) is 5.57 Å². The highest BCUT2D eigenvalue weighted by Gasteiger charge is 2.35. The average molecular weight is 465 g/mol. The fourth-order valence-electron chi connectivity index (χ4n) is 3.72. The van der Waals surface area contributed by atoms with Crippen molar-refractivity contribution in [3.05, 3.63) is 47.7 Å². The van der Waals surface area contributed by atoms with Gasteiger partial charge in [0.1, 0.15) is 30.6 Å². The summed E-state index contributed by atoms with van der Waals surface area (Å²) in [4.78, 5) is 25.5. The van der Waals surface area contributed by atoms with Crippen molar-refractivity contribution >= 4 is 23.1 Å². The average Bonchev–Trinajstić information content (AvgIpc) is 3.45. The Morgan fingerprint density at radius 1 is 1.36 bits per heavy atom. The fourth-order valence-corrected chi connectivity index (χ4v) is 3.72. The number of anilines is 1. The number of amides is 1. The van der Waals surface area contributed by atoms with Crippen LogP contribution in [0.2, 0.25) is 0 Å². The molecule has 2 aliphatic heterocycles. The number of ether oxygens (including phenoxy) is 2. The lowest BCUT2D eigenvalue weighted by Crippen LogP contribution is -2.45. The molecule has 3 atom stereocenters. The van der Waals surface area contributed by atoms with Crippen molar-refractivity contribution in [1.82, 2.24) is 10.5 Å². The van der Waals surface area contributed by atoms with Crippen LogP contribution in [0.1, 0.15) is 12.0 Å². The monoisotopic (exact) mass is 465 g/mol. The van der Waals surface area contributed by atoms with Gasteiger partial charge in [-0.15, -0.1) is 0 Å². The lowest BCUT2D eigenvalue weighted by Gasteiger charge is -2.25. The third-order valence-electron chi connectivity index (χ3n) is 5.35. The van der Waals surface area contributed by atoms with Crippen LogP contribution in [0.15, 0.2) is 35.1 Å². The van der Waals surface area contributed by atoms with Crippen LogP contribution >= 0.6 is 0 Å². The Kier molecular flexibility index (Phi) is 6.67. The molecule has 1 fully saturated rings. The van der Waals surface area contributed by atoms with E-state index in [4.69, 9.17) is 14.6 Å². The number of aliphatic hydroxyl groups is 2. The summed E-state index contributed by atoms with van der Waals surface area (Å²) < 4.78 is 45.1. The van der Waals surface area contributed by atoms with E-state index in [0.717, 1.165) is 17.0 Å². The molecule has 10 nitrogen and oxygen atoms in total. The molecule has 3 N–H and O–H groups in total. The van der Waals surface area contributed by atoms with Gasteiger partial charge >= 0.3 is 6.09 Å². The van der Waals surface area contributed by atoms with E-state index >= 15 is 0 Å². The lowest BCUT2D eigenvalue weighted by molar-refractivity contribution is -0.131. The van der Waals surface area contributed by atoms with E-state index < -0.39 is 48.4 Å². The molecule has 176 valence electrons. The number of aromatic nitrogens is 1. The molecule has 0 aliphatic carbocycles. The zero-order chi connectivity index (χ0) is 23.5. The first-order valence-corrected chi connectivity index (χ1v) is 10.1. The number of halogens is 2. The Labute approximate surface area is 186 Å². The van der Waals surface area contributed by atoms with Gasteiger partial charge in [-0.2, -0.15) is 0 Å². The Bertz CT molecular complexity index is 1040. The Hall–Kier alpha value is -3.35. The summed E-state index contributed by atoms with van der Waals surface area (Å²) in [5.74, 6) is -2.28. The molecule has 0 saturated carbocycles. The van der Waals surface area contributed by atoms with E-state index in [-0.39, 0.29) is 48.8 Å². The maximum atomic E-state index is 15.0. The molecular formula is C21H21F2N3O7. The first-order chi connectivity index (χ1) is 15.9. The Morgan fingerprint density at radius 2 is 2.12 bits per heavy atom. The molecule has 1 saturated heterocycles. The van der Waals surface area contributed by atoms with Crippen molar-refractivity contribution in [2.75, 3.05) is 31.2 Å². The SMILES string of the molecule is O=C(C1CC(c2c(F)cc(N3C[C@H](COc4ccon4)OC3=O)cc2F)=CCN1)[C@@H](O)CO. The topological polar surface area (TPSA) is 134 Å². The zero-order valence-electron chi connectivity index (χ0n) is 17.2. The summed E-state index contributed by atoms with van der Waals surface area (Å²) >= 11 is 0. The van der Waals surface area contributed by atoms with Gasteiger partial charge in [0.05, 0.1) is 24.9 Å². The van der Waals surface area contributed by atoms with Gasteiger partial charge in [-0.1, -0.05) is 6.08 Å². The molecule has 33 heavy (non-hydrogen) atoms. The summed E-state index contributed by atoms with van der Waals surface area (Å²) in [6.07, 6.45) is -0.258. The normalized spacial score (nSPS) is 21.5. The van der Waals surface area contributed by atoms with Crippen molar-refractivity contribution in [2.45, 2.75) is 24.7 Å². The minimum absolute atomic E-state index is 0.0111. The standard InChI is InChI=1S/C21H21F2N3O7/c22-14-6-12(26-8-13(33-21(26)30)10-31-18-2-4-32-25-18)7-15(23)19(14)11-1-3-24-16(5-11)20(29)17(28)9-27/h1-2,4,6-7,13,16-17,24,27-28H,3,5,8-10H2/t13-,16?,17+/m1/s1. The number of nitrogens with one attached hydrogen (secondary N) is 1. The highest BCUT2D eigenvalue weighted by molar-refractivity contribution is 5.92. The number of hydrogen-bond acceptors (Lipinski definition) is 9. The van der Waals surface area contributed by atoms with Crippen molar-refractivity contribution in [1.29, 1.82) is 0 Å². The van der Waals surface area contributed by atoms with Crippen LogP contribution in [0.4, 0.5) is 19.3 Å². The molecule has 2 aromatic rings. The third-order valence-corrected chi connectivity index (χ3v) is 5.35. The predicted molar refractivity (Wildman–Crippen MR) is 108 cm³/mol. The summed E-state index contributed by atoms with van der Waals surface area (Å²) in [7, 11) is 0. The van der Waals surface area contributed by atoms with Gasteiger partial charge in [0.15, 0.2) is 11.9 Å². The minimum Gasteiger partial charge on any atom is -0.471 e. The molecule has 4 rings (SSSR count). The number of rotatable bonds is 8. The number of benzene rings is 1. The summed E-state index contributed by atoms with van der Waals surface area (Å²) in [6, 6.07) is 2.62. The fraction of sp³-hybridized carbons (Fsp3) is 0.381. The third kappa shape index (κ3) is 4.87. The van der Waals surface area contributed by atoms with Gasteiger partial charge in [-0.3, -0.25) is 9.69 Å². The predicted octanol–water partition coefficient (Wildman–Crippen LogP) is 1.02. The van der Waals surface area contributed by atoms with Crippen LogP contribution in [-0.4, -0.2) is 71.8 Å². The number of hydrogen-bond donors (Lipinski definition) is 3. The van der Waals surface area contributed by atoms with Crippen molar-refractivity contribution in [3.8, 4) is 5.88 Å². The van der Waals surface area contributed by atoms with Crippen molar-refractivity contribution in [3.63, 3.8) is 0 Å². The van der Waals surface area contributed by atoms with Crippen LogP contribution in [0.5, 0.6) is 5.88 Å². The summed E-state index contributed by atoms with van der Waals surface area (Å²) in [5, 5.41) is 24.9. The van der Waals surface area contributed by atoms with Gasteiger partial charge in [-0.05, 0) is 29.3 Å². The number of ketones is 1. The highest BCUT2D eigenvalue weighted by Crippen LogP contribution is 2.32. The summed E-state index contributed by atoms with van der Waals surface area (Å²) in [5.41, 5.74) is -0.114. The molecule has 0 spiro atoms. The van der Waals surface area contributed by atoms with Crippen LogP contribution in [-0.2, 0) is 9.53 Å². The van der Waals surface area contributed by atoms with Crippen molar-refractivity contribution < 1.29 is 42.6 Å². The van der Waals surface area contributed by atoms with Gasteiger partial charge < -0.3 is 29.5 Å². The molecule has 0 radical (unpaired) electrons. The van der Waals surface area contributed by atoms with E-state index in [0.29, 0.717) is 0 Å². The van der Waals surface area contributed by atoms with Crippen molar-refractivity contribution in [2.24, 2.45) is 0 Å². The maximum absolute atomic E-state index is 15.0. The second-order valence-corrected chi connectivity index (χ2v) is 7.54. The second kappa shape index (κ2) is 9.65. The molecule has 1 amide bonds. The lowest BCUT2D eigenvalue weighted by atomic mass is 9.91. The van der Waals surface area contributed by atoms with Gasteiger partial charge in [-0.25, -0.2) is 13.6 Å². The van der Waals surface area contributed by atoms with Crippen LogP contribution in [0.3, 0.4) is 0 Å². The highest BCUT2D eigenvalue weighted by atomic mass is 19.1. The molecule has 1 aromatic carbocycles. The first kappa shape index (κ1) is 22.8. The Morgan fingerprint density at radius 3 is 2.79 bits per heavy atom. The number of Topliss-reactive ketones (excluding diaryl/α,β-unsaturated/α-hetero) is 1. The van der Waals surface area contributed by atoms with E-state index in [1.165, 1.54) is 18.4 Å². The second-order valence-electron chi connectivity index (χ2n) is 7.54. The van der Waals surface area contributed by atoms with Gasteiger partial charge in [0.25, 0.3) is 5.88 Å². The van der Waals surface area contributed by atoms with Gasteiger partial charge in [0.2, 0.25) is 0 Å². The molecule has 12 heteroatoms. The molecule has 2 aliphatic rings. The molecule has 3 heterocycles. The van der Waals surface area contributed by atoms with Crippen LogP contribution in [0, 0.1) is 11.6 Å². The quantitative estimate of drug-likeness (QED) is 0.522.